The lowest BCUT2D eigenvalue weighted by atomic mass is 10.4. The van der Waals surface area contributed by atoms with Gasteiger partial charge in [0.1, 0.15) is 0 Å². The fourth-order valence-electron chi connectivity index (χ4n) is 1.33. The first kappa shape index (κ1) is 12.2. The average Bonchev–Trinajstić information content (AvgIpc) is 2.27. The van der Waals surface area contributed by atoms with Crippen LogP contribution < -0.4 is 5.32 Å². The topological polar surface area (TPSA) is 71.0 Å². The molecular formula is C9H18N2O4. The molecule has 0 aromatic rings. The summed E-state index contributed by atoms with van der Waals surface area (Å²) in [4.78, 5) is 13.2. The quantitative estimate of drug-likeness (QED) is 0.637. The Kier molecular flexibility index (Phi) is 5.38. The number of amides is 2. The van der Waals surface area contributed by atoms with Gasteiger partial charge < -0.3 is 24.8 Å². The van der Waals surface area contributed by atoms with Gasteiger partial charge in [0.05, 0.1) is 25.9 Å². The lowest BCUT2D eigenvalue weighted by Gasteiger charge is -2.27. The van der Waals surface area contributed by atoms with Gasteiger partial charge in [-0.15, -0.1) is 0 Å². The molecule has 2 N–H and O–H groups in total. The molecule has 6 heteroatoms. The van der Waals surface area contributed by atoms with E-state index in [1.807, 2.05) is 0 Å². The standard InChI is InChI=1S/C9H18N2O4/c1-14-7-8(12)6-10-9(13)11-2-4-15-5-3-11/h8,12H,2-7H2,1H3,(H,10,13). The minimum absolute atomic E-state index is 0.159. The molecule has 1 saturated heterocycles. The molecule has 1 atom stereocenters. The molecule has 1 unspecified atom stereocenters. The van der Waals surface area contributed by atoms with Gasteiger partial charge in [0.15, 0.2) is 0 Å². The molecule has 15 heavy (non-hydrogen) atoms. The zero-order valence-corrected chi connectivity index (χ0v) is 8.94. The summed E-state index contributed by atoms with van der Waals surface area (Å²) in [6.45, 7) is 2.80. The molecule has 1 aliphatic heterocycles. The van der Waals surface area contributed by atoms with Crippen molar-refractivity contribution in [3.05, 3.63) is 0 Å². The third-order valence-corrected chi connectivity index (χ3v) is 2.15. The Morgan fingerprint density at radius 1 is 1.60 bits per heavy atom. The van der Waals surface area contributed by atoms with E-state index in [9.17, 15) is 9.90 Å². The molecule has 1 aliphatic rings. The second-order valence-corrected chi connectivity index (χ2v) is 3.39. The van der Waals surface area contributed by atoms with Crippen LogP contribution in [0.2, 0.25) is 0 Å². The average molecular weight is 218 g/mol. The highest BCUT2D eigenvalue weighted by molar-refractivity contribution is 5.74. The molecule has 88 valence electrons. The minimum atomic E-state index is -0.653. The van der Waals surface area contributed by atoms with E-state index in [1.54, 1.807) is 4.90 Å². The van der Waals surface area contributed by atoms with E-state index in [2.05, 4.69) is 5.32 Å². The van der Waals surface area contributed by atoms with Crippen molar-refractivity contribution in [2.45, 2.75) is 6.10 Å². The van der Waals surface area contributed by atoms with Crippen molar-refractivity contribution in [2.24, 2.45) is 0 Å². The number of hydrogen-bond donors (Lipinski definition) is 2. The number of morpholine rings is 1. The van der Waals surface area contributed by atoms with Crippen LogP contribution in [-0.2, 0) is 9.47 Å². The maximum atomic E-state index is 11.5. The second kappa shape index (κ2) is 6.60. The monoisotopic (exact) mass is 218 g/mol. The Hall–Kier alpha value is -0.850. The first-order valence-corrected chi connectivity index (χ1v) is 5.01. The first-order valence-electron chi connectivity index (χ1n) is 5.01. The van der Waals surface area contributed by atoms with Crippen LogP contribution >= 0.6 is 0 Å². The number of methoxy groups -OCH3 is 1. The summed E-state index contributed by atoms with van der Waals surface area (Å²) in [5.41, 5.74) is 0. The first-order chi connectivity index (χ1) is 7.24. The van der Waals surface area contributed by atoms with Gasteiger partial charge in [0.25, 0.3) is 0 Å². The van der Waals surface area contributed by atoms with E-state index in [4.69, 9.17) is 9.47 Å². The summed E-state index contributed by atoms with van der Waals surface area (Å²) in [5, 5.41) is 12.0. The van der Waals surface area contributed by atoms with Crippen molar-refractivity contribution in [3.8, 4) is 0 Å². The van der Waals surface area contributed by atoms with Gasteiger partial charge in [-0.25, -0.2) is 4.79 Å². The molecule has 2 amide bonds. The Morgan fingerprint density at radius 3 is 2.87 bits per heavy atom. The maximum Gasteiger partial charge on any atom is 0.317 e. The molecule has 1 heterocycles. The van der Waals surface area contributed by atoms with Crippen molar-refractivity contribution < 1.29 is 19.4 Å². The molecule has 1 fully saturated rings. The highest BCUT2D eigenvalue weighted by atomic mass is 16.5. The van der Waals surface area contributed by atoms with E-state index in [1.165, 1.54) is 7.11 Å². The Morgan fingerprint density at radius 2 is 2.27 bits per heavy atom. The van der Waals surface area contributed by atoms with Crippen molar-refractivity contribution in [1.29, 1.82) is 0 Å². The number of nitrogens with zero attached hydrogens (tertiary/aromatic N) is 1. The van der Waals surface area contributed by atoms with Crippen molar-refractivity contribution in [1.82, 2.24) is 10.2 Å². The molecular weight excluding hydrogens is 200 g/mol. The zero-order chi connectivity index (χ0) is 11.1. The summed E-state index contributed by atoms with van der Waals surface area (Å²) in [7, 11) is 1.51. The minimum Gasteiger partial charge on any atom is -0.389 e. The van der Waals surface area contributed by atoms with Crippen LogP contribution in [0, 0.1) is 0 Å². The number of urea groups is 1. The molecule has 0 saturated carbocycles. The van der Waals surface area contributed by atoms with E-state index in [0.29, 0.717) is 26.3 Å². The molecule has 0 aliphatic carbocycles. The van der Waals surface area contributed by atoms with Crippen LogP contribution in [0.1, 0.15) is 0 Å². The fraction of sp³-hybridized carbons (Fsp3) is 0.889. The number of aliphatic hydroxyl groups is 1. The van der Waals surface area contributed by atoms with Gasteiger partial charge in [-0.05, 0) is 0 Å². The van der Waals surface area contributed by atoms with Crippen molar-refractivity contribution >= 4 is 6.03 Å². The van der Waals surface area contributed by atoms with Crippen LogP contribution in [0.25, 0.3) is 0 Å². The number of aliphatic hydroxyl groups excluding tert-OH is 1. The SMILES string of the molecule is COCC(O)CNC(=O)N1CCOCC1. The Bertz CT molecular complexity index is 195. The summed E-state index contributed by atoms with van der Waals surface area (Å²) in [5.74, 6) is 0. The molecule has 0 spiro atoms. The van der Waals surface area contributed by atoms with Gasteiger partial charge >= 0.3 is 6.03 Å². The van der Waals surface area contributed by atoms with Crippen LogP contribution in [0.4, 0.5) is 4.79 Å². The number of nitrogens with one attached hydrogen (secondary N) is 1. The van der Waals surface area contributed by atoms with Crippen LogP contribution in [-0.4, -0.2) is 68.7 Å². The smallest absolute Gasteiger partial charge is 0.317 e. The van der Waals surface area contributed by atoms with E-state index in [0.717, 1.165) is 0 Å². The predicted molar refractivity (Wildman–Crippen MR) is 53.7 cm³/mol. The normalized spacial score (nSPS) is 18.7. The molecule has 1 rings (SSSR count). The van der Waals surface area contributed by atoms with Gasteiger partial charge in [-0.2, -0.15) is 0 Å². The van der Waals surface area contributed by atoms with Gasteiger partial charge in [0, 0.05) is 26.7 Å². The lowest BCUT2D eigenvalue weighted by Crippen LogP contribution is -2.48. The highest BCUT2D eigenvalue weighted by Crippen LogP contribution is 1.96. The lowest BCUT2D eigenvalue weighted by molar-refractivity contribution is 0.0474. The molecule has 0 radical (unpaired) electrons. The van der Waals surface area contributed by atoms with Crippen molar-refractivity contribution in [3.63, 3.8) is 0 Å². The number of ether oxygens (including phenoxy) is 2. The molecule has 0 aromatic carbocycles. The Labute approximate surface area is 89.1 Å². The largest absolute Gasteiger partial charge is 0.389 e. The van der Waals surface area contributed by atoms with Gasteiger partial charge in [-0.3, -0.25) is 0 Å². The number of hydrogen-bond acceptors (Lipinski definition) is 4. The summed E-state index contributed by atoms with van der Waals surface area (Å²) >= 11 is 0. The summed E-state index contributed by atoms with van der Waals surface area (Å²) in [6, 6.07) is -0.159. The van der Waals surface area contributed by atoms with E-state index in [-0.39, 0.29) is 19.2 Å². The maximum absolute atomic E-state index is 11.5. The van der Waals surface area contributed by atoms with E-state index >= 15 is 0 Å². The number of rotatable bonds is 4. The summed E-state index contributed by atoms with van der Waals surface area (Å²) in [6.07, 6.45) is -0.653. The third kappa shape index (κ3) is 4.46. The third-order valence-electron chi connectivity index (χ3n) is 2.15. The highest BCUT2D eigenvalue weighted by Gasteiger charge is 2.16. The predicted octanol–water partition coefficient (Wildman–Crippen LogP) is -0.964. The van der Waals surface area contributed by atoms with Gasteiger partial charge in [0.2, 0.25) is 0 Å². The molecule has 6 nitrogen and oxygen atoms in total. The number of carbonyl (C=O) groups excluding carboxylic acids is 1. The Balaban J connectivity index is 2.16. The fourth-order valence-corrected chi connectivity index (χ4v) is 1.33. The second-order valence-electron chi connectivity index (χ2n) is 3.39. The van der Waals surface area contributed by atoms with Crippen molar-refractivity contribution in [2.75, 3.05) is 46.6 Å². The summed E-state index contributed by atoms with van der Waals surface area (Å²) < 4.78 is 9.87. The van der Waals surface area contributed by atoms with Crippen LogP contribution in [0.15, 0.2) is 0 Å². The van der Waals surface area contributed by atoms with Crippen LogP contribution in [0.3, 0.4) is 0 Å². The molecule has 0 bridgehead atoms. The number of carbonyl (C=O) groups is 1. The zero-order valence-electron chi connectivity index (χ0n) is 8.94. The molecule has 0 aromatic heterocycles. The van der Waals surface area contributed by atoms with Crippen LogP contribution in [0.5, 0.6) is 0 Å². The van der Waals surface area contributed by atoms with Gasteiger partial charge in [-0.1, -0.05) is 0 Å². The van der Waals surface area contributed by atoms with E-state index < -0.39 is 6.10 Å².